The van der Waals surface area contributed by atoms with E-state index in [0.29, 0.717) is 44.6 Å². The Morgan fingerprint density at radius 2 is 1.89 bits per heavy atom. The van der Waals surface area contributed by atoms with Gasteiger partial charge in [0.25, 0.3) is 0 Å². The van der Waals surface area contributed by atoms with E-state index in [1.165, 1.54) is 21.9 Å². The third-order valence-electron chi connectivity index (χ3n) is 5.63. The second-order valence-corrected chi connectivity index (χ2v) is 8.02. The second kappa shape index (κ2) is 8.55. The van der Waals surface area contributed by atoms with Crippen molar-refractivity contribution in [1.29, 1.82) is 0 Å². The summed E-state index contributed by atoms with van der Waals surface area (Å²) in [5.41, 5.74) is 0.476. The number of benzene rings is 1. The Morgan fingerprint density at radius 3 is 2.50 bits per heavy atom. The van der Waals surface area contributed by atoms with E-state index in [2.05, 4.69) is 5.32 Å². The average Bonchev–Trinajstić information content (AvgIpc) is 2.97. The molecule has 2 aliphatic heterocycles. The van der Waals surface area contributed by atoms with Crippen LogP contribution in [0.4, 0.5) is 23.2 Å². The number of rotatable bonds is 5. The summed E-state index contributed by atoms with van der Waals surface area (Å²) in [5.74, 6) is -0.468. The fraction of sp³-hybridized carbons (Fsp3) is 0.632. The minimum absolute atomic E-state index is 0.00978. The first kappa shape index (κ1) is 21.3. The molecule has 28 heavy (non-hydrogen) atoms. The highest BCUT2D eigenvalue weighted by Crippen LogP contribution is 2.28. The minimum Gasteiger partial charge on any atom is -0.311 e. The maximum Gasteiger partial charge on any atom is 0.401 e. The normalized spacial score (nSPS) is 23.4. The number of anilines is 1. The molecule has 1 aromatic carbocycles. The zero-order valence-corrected chi connectivity index (χ0v) is 16.4. The van der Waals surface area contributed by atoms with Crippen LogP contribution in [0.25, 0.3) is 0 Å². The molecule has 0 radical (unpaired) electrons. The lowest BCUT2D eigenvalue weighted by atomic mass is 9.89. The number of amides is 1. The van der Waals surface area contributed by atoms with Crippen molar-refractivity contribution in [2.24, 2.45) is 5.92 Å². The first-order valence-corrected chi connectivity index (χ1v) is 9.83. The zero-order valence-electron chi connectivity index (χ0n) is 15.6. The molecule has 1 N–H and O–H groups in total. The fourth-order valence-corrected chi connectivity index (χ4v) is 4.18. The number of likely N-dealkylation sites (tertiary alicyclic amines) is 1. The van der Waals surface area contributed by atoms with Gasteiger partial charge >= 0.3 is 6.18 Å². The Bertz CT molecular complexity index is 707. The number of piperidine rings is 1. The summed E-state index contributed by atoms with van der Waals surface area (Å²) in [6.45, 7) is 2.40. The van der Waals surface area contributed by atoms with E-state index in [-0.39, 0.29) is 28.9 Å². The molecule has 9 heteroatoms. The molecule has 0 spiro atoms. The summed E-state index contributed by atoms with van der Waals surface area (Å²) in [5, 5.41) is 3.35. The van der Waals surface area contributed by atoms with Crippen LogP contribution in [-0.2, 0) is 4.79 Å². The monoisotopic (exact) mass is 421 g/mol. The van der Waals surface area contributed by atoms with Gasteiger partial charge in [0.1, 0.15) is 5.82 Å². The van der Waals surface area contributed by atoms with Crippen molar-refractivity contribution < 1.29 is 22.4 Å². The van der Waals surface area contributed by atoms with E-state index < -0.39 is 18.5 Å². The van der Waals surface area contributed by atoms with E-state index in [1.54, 1.807) is 6.07 Å². The highest BCUT2D eigenvalue weighted by molar-refractivity contribution is 6.30. The van der Waals surface area contributed by atoms with Crippen LogP contribution in [0.5, 0.6) is 0 Å². The minimum atomic E-state index is -4.17. The van der Waals surface area contributed by atoms with Crippen molar-refractivity contribution >= 4 is 23.2 Å². The fourth-order valence-electron chi connectivity index (χ4n) is 4.06. The summed E-state index contributed by atoms with van der Waals surface area (Å²) < 4.78 is 51.2. The van der Waals surface area contributed by atoms with Gasteiger partial charge in [0.2, 0.25) is 5.91 Å². The molecule has 2 aliphatic rings. The molecule has 2 fully saturated rings. The van der Waals surface area contributed by atoms with Crippen molar-refractivity contribution in [3.05, 3.63) is 29.0 Å². The van der Waals surface area contributed by atoms with Crippen molar-refractivity contribution in [3.63, 3.8) is 0 Å². The highest BCUT2D eigenvalue weighted by Gasteiger charge is 2.37. The Kier molecular flexibility index (Phi) is 6.51. The van der Waals surface area contributed by atoms with Crippen LogP contribution in [0.15, 0.2) is 18.2 Å². The number of carbonyl (C=O) groups is 1. The van der Waals surface area contributed by atoms with Gasteiger partial charge in [-0.1, -0.05) is 11.6 Å². The van der Waals surface area contributed by atoms with Crippen molar-refractivity contribution in [3.8, 4) is 0 Å². The van der Waals surface area contributed by atoms with Crippen LogP contribution >= 0.6 is 11.6 Å². The molecule has 3 rings (SSSR count). The van der Waals surface area contributed by atoms with Crippen molar-refractivity contribution in [2.45, 2.75) is 44.4 Å². The molecular formula is C19H24ClF4N3O. The largest absolute Gasteiger partial charge is 0.401 e. The molecule has 0 unspecified atom stereocenters. The van der Waals surface area contributed by atoms with Gasteiger partial charge in [-0.2, -0.15) is 13.2 Å². The molecule has 0 bridgehead atoms. The van der Waals surface area contributed by atoms with Crippen molar-refractivity contribution in [2.75, 3.05) is 31.1 Å². The second-order valence-electron chi connectivity index (χ2n) is 7.61. The Labute approximate surface area is 166 Å². The van der Waals surface area contributed by atoms with Crippen LogP contribution in [-0.4, -0.2) is 55.2 Å². The quantitative estimate of drug-likeness (QED) is 0.734. The van der Waals surface area contributed by atoms with Crippen LogP contribution in [0.2, 0.25) is 5.02 Å². The molecule has 0 aliphatic carbocycles. The number of carbonyl (C=O) groups excluding carboxylic acids is 1. The highest BCUT2D eigenvalue weighted by atomic mass is 35.5. The molecular weight excluding hydrogens is 398 g/mol. The molecule has 0 saturated carbocycles. The van der Waals surface area contributed by atoms with E-state index in [1.807, 2.05) is 6.92 Å². The van der Waals surface area contributed by atoms with Gasteiger partial charge in [-0.05, 0) is 63.4 Å². The lowest BCUT2D eigenvalue weighted by Gasteiger charge is -2.36. The predicted molar refractivity (Wildman–Crippen MR) is 100.0 cm³/mol. The van der Waals surface area contributed by atoms with E-state index in [4.69, 9.17) is 11.6 Å². The van der Waals surface area contributed by atoms with Gasteiger partial charge < -0.3 is 10.2 Å². The number of nitrogens with one attached hydrogen (secondary N) is 1. The first-order chi connectivity index (χ1) is 13.1. The SMILES string of the molecule is C[C@@H](N[C@@H]1CCN(c2ccc(Cl)c(F)c2)C1=O)C1CCN(CC(F)(F)F)CC1. The molecule has 4 nitrogen and oxygen atoms in total. The van der Waals surface area contributed by atoms with Crippen molar-refractivity contribution in [1.82, 2.24) is 10.2 Å². The smallest absolute Gasteiger partial charge is 0.311 e. The molecule has 156 valence electrons. The standard InChI is InChI=1S/C19H24ClF4N3O/c1-12(13-4-7-26(8-5-13)11-19(22,23)24)25-17-6-9-27(18(17)28)14-2-3-15(20)16(21)10-14/h2-3,10,12-13,17,25H,4-9,11H2,1H3/t12-,17-/m1/s1. The van der Waals surface area contributed by atoms with Crippen LogP contribution < -0.4 is 10.2 Å². The first-order valence-electron chi connectivity index (χ1n) is 9.45. The average molecular weight is 422 g/mol. The molecule has 1 aromatic rings. The summed E-state index contributed by atoms with van der Waals surface area (Å²) >= 11 is 5.70. The maximum atomic E-state index is 13.7. The summed E-state index contributed by atoms with van der Waals surface area (Å²) in [4.78, 5) is 15.7. The van der Waals surface area contributed by atoms with Gasteiger partial charge in [-0.25, -0.2) is 4.39 Å². The van der Waals surface area contributed by atoms with E-state index in [0.717, 1.165) is 0 Å². The predicted octanol–water partition coefficient (Wildman–Crippen LogP) is 3.84. The molecule has 2 heterocycles. The van der Waals surface area contributed by atoms with Gasteiger partial charge in [0.05, 0.1) is 17.6 Å². The Morgan fingerprint density at radius 1 is 1.21 bits per heavy atom. The number of hydrogen-bond acceptors (Lipinski definition) is 3. The van der Waals surface area contributed by atoms with Gasteiger partial charge in [-0.15, -0.1) is 0 Å². The van der Waals surface area contributed by atoms with Gasteiger partial charge in [0.15, 0.2) is 0 Å². The van der Waals surface area contributed by atoms with E-state index in [9.17, 15) is 22.4 Å². The van der Waals surface area contributed by atoms with Crippen LogP contribution in [0.1, 0.15) is 26.2 Å². The van der Waals surface area contributed by atoms with E-state index >= 15 is 0 Å². The Hall–Kier alpha value is -1.38. The van der Waals surface area contributed by atoms with Crippen LogP contribution in [0, 0.1) is 11.7 Å². The van der Waals surface area contributed by atoms with Gasteiger partial charge in [-0.3, -0.25) is 9.69 Å². The Balaban J connectivity index is 1.52. The number of hydrogen-bond donors (Lipinski definition) is 1. The summed E-state index contributed by atoms with van der Waals surface area (Å²) in [6.07, 6.45) is -2.24. The summed E-state index contributed by atoms with van der Waals surface area (Å²) in [6, 6.07) is 3.94. The summed E-state index contributed by atoms with van der Waals surface area (Å²) in [7, 11) is 0. The number of alkyl halides is 3. The van der Waals surface area contributed by atoms with Crippen LogP contribution in [0.3, 0.4) is 0 Å². The molecule has 2 saturated heterocycles. The third kappa shape index (κ3) is 5.15. The number of nitrogens with zero attached hydrogens (tertiary/aromatic N) is 2. The molecule has 2 atom stereocenters. The lowest BCUT2D eigenvalue weighted by molar-refractivity contribution is -0.148. The maximum absolute atomic E-state index is 13.7. The molecule has 0 aromatic heterocycles. The zero-order chi connectivity index (χ0) is 20.5. The topological polar surface area (TPSA) is 35.6 Å². The number of halogens is 5. The molecule has 1 amide bonds. The lowest BCUT2D eigenvalue weighted by Crippen LogP contribution is -2.49. The third-order valence-corrected chi connectivity index (χ3v) is 5.93. The van der Waals surface area contributed by atoms with Gasteiger partial charge in [0, 0.05) is 18.3 Å².